The predicted molar refractivity (Wildman–Crippen MR) is 111 cm³/mol. The van der Waals surface area contributed by atoms with E-state index in [1.54, 1.807) is 0 Å². The van der Waals surface area contributed by atoms with Gasteiger partial charge in [0.05, 0.1) is 26.9 Å². The standard InChI is InChI=1S/C20H32O17/c1-6-9(24)11(26)12(27)19(34-6)36-15(17(29)31-2)16(18(30)32-3)37-20-13(28)14(33-5-8(22)23)10(25)7(4-21)35-20/h6-7,9-16,19-21,24-28H,4-5H2,1-3H3,(H,22,23)/t6-,7+,9+,10-,11+,12-,13+,14-,15+,16+,19-,20?/m0/s1. The summed E-state index contributed by atoms with van der Waals surface area (Å²) in [4.78, 5) is 36.0. The maximum atomic E-state index is 12.6. The van der Waals surface area contributed by atoms with Gasteiger partial charge >= 0.3 is 17.9 Å². The van der Waals surface area contributed by atoms with Crippen LogP contribution in [0.1, 0.15) is 6.92 Å². The molecule has 17 nitrogen and oxygen atoms in total. The maximum absolute atomic E-state index is 12.6. The van der Waals surface area contributed by atoms with E-state index in [0.29, 0.717) is 0 Å². The highest BCUT2D eigenvalue weighted by Gasteiger charge is 2.51. The molecule has 2 rings (SSSR count). The first kappa shape index (κ1) is 31.2. The minimum absolute atomic E-state index is 0.847. The second-order valence-corrected chi connectivity index (χ2v) is 8.22. The summed E-state index contributed by atoms with van der Waals surface area (Å²) in [5, 5.41) is 69.4. The Morgan fingerprint density at radius 2 is 1.30 bits per heavy atom. The number of rotatable bonds is 11. The molecule has 0 aromatic heterocycles. The number of hydrogen-bond acceptors (Lipinski definition) is 16. The van der Waals surface area contributed by atoms with Gasteiger partial charge in [-0.2, -0.15) is 0 Å². The Hall–Kier alpha value is -2.03. The van der Waals surface area contributed by atoms with E-state index in [1.165, 1.54) is 6.92 Å². The summed E-state index contributed by atoms with van der Waals surface area (Å²) in [6.45, 7) is -0.469. The molecule has 0 aromatic rings. The van der Waals surface area contributed by atoms with Crippen LogP contribution in [-0.2, 0) is 47.5 Å². The van der Waals surface area contributed by atoms with Crippen LogP contribution >= 0.6 is 0 Å². The maximum Gasteiger partial charge on any atom is 0.338 e. The van der Waals surface area contributed by atoms with Crippen molar-refractivity contribution in [1.82, 2.24) is 0 Å². The van der Waals surface area contributed by atoms with Gasteiger partial charge in [-0.1, -0.05) is 0 Å². The molecule has 0 bridgehead atoms. The van der Waals surface area contributed by atoms with Crippen molar-refractivity contribution in [2.75, 3.05) is 27.4 Å². The van der Waals surface area contributed by atoms with Gasteiger partial charge in [0.25, 0.3) is 0 Å². The minimum atomic E-state index is -2.11. The van der Waals surface area contributed by atoms with E-state index in [9.17, 15) is 45.0 Å². The molecule has 2 aliphatic heterocycles. The Balaban J connectivity index is 2.34. The van der Waals surface area contributed by atoms with E-state index in [4.69, 9.17) is 28.8 Å². The summed E-state index contributed by atoms with van der Waals surface area (Å²) in [6, 6.07) is 0. The molecule has 2 aliphatic rings. The molecule has 2 saturated heterocycles. The van der Waals surface area contributed by atoms with E-state index in [2.05, 4.69) is 9.47 Å². The molecule has 0 amide bonds. The Kier molecular flexibility index (Phi) is 11.5. The van der Waals surface area contributed by atoms with E-state index in [1.807, 2.05) is 0 Å². The molecular formula is C20H32O17. The van der Waals surface area contributed by atoms with Crippen molar-refractivity contribution in [2.24, 2.45) is 0 Å². The van der Waals surface area contributed by atoms with Crippen LogP contribution in [0.15, 0.2) is 0 Å². The van der Waals surface area contributed by atoms with Crippen LogP contribution in [0.2, 0.25) is 0 Å². The van der Waals surface area contributed by atoms with Crippen molar-refractivity contribution in [3.8, 4) is 0 Å². The van der Waals surface area contributed by atoms with Crippen molar-refractivity contribution in [2.45, 2.75) is 80.5 Å². The number of carboxylic acid groups (broad SMARTS) is 1. The third-order valence-corrected chi connectivity index (χ3v) is 5.73. The van der Waals surface area contributed by atoms with Crippen LogP contribution in [0.3, 0.4) is 0 Å². The summed E-state index contributed by atoms with van der Waals surface area (Å²) >= 11 is 0. The van der Waals surface area contributed by atoms with Gasteiger partial charge in [0.15, 0.2) is 24.8 Å². The zero-order valence-electron chi connectivity index (χ0n) is 20.1. The highest BCUT2D eigenvalue weighted by Crippen LogP contribution is 2.28. The number of esters is 2. The smallest absolute Gasteiger partial charge is 0.338 e. The average Bonchev–Trinajstić information content (AvgIpc) is 2.87. The van der Waals surface area contributed by atoms with Gasteiger partial charge in [0.1, 0.15) is 49.3 Å². The highest BCUT2D eigenvalue weighted by molar-refractivity contribution is 5.85. The van der Waals surface area contributed by atoms with Gasteiger partial charge < -0.3 is 68.9 Å². The predicted octanol–water partition coefficient (Wildman–Crippen LogP) is -5.16. The molecule has 2 heterocycles. The van der Waals surface area contributed by atoms with E-state index < -0.39 is 105 Å². The number of aliphatic hydroxyl groups is 6. The fourth-order valence-corrected chi connectivity index (χ4v) is 3.68. The van der Waals surface area contributed by atoms with Crippen LogP contribution in [0, 0.1) is 0 Å². The monoisotopic (exact) mass is 544 g/mol. The van der Waals surface area contributed by atoms with Crippen LogP contribution in [0.4, 0.5) is 0 Å². The first-order chi connectivity index (χ1) is 17.4. The SMILES string of the molecule is COC(=O)[C@H](OC1O[C@H](CO)[C@H](O)[C@H](OCC(=O)O)[C@H]1O)[C@@H](O[C@@H]1O[C@@H](C)[C@@H](O)[C@@H](O)[C@@H]1O)C(=O)OC. The summed E-state index contributed by atoms with van der Waals surface area (Å²) in [6.07, 6.45) is -21.0. The molecule has 0 radical (unpaired) electrons. The van der Waals surface area contributed by atoms with E-state index >= 15 is 0 Å². The van der Waals surface area contributed by atoms with Gasteiger partial charge in [0.2, 0.25) is 0 Å². The summed E-state index contributed by atoms with van der Waals surface area (Å²) in [7, 11) is 1.84. The molecule has 0 aromatic carbocycles. The number of aliphatic carboxylic acids is 1. The van der Waals surface area contributed by atoms with E-state index in [-0.39, 0.29) is 0 Å². The lowest BCUT2D eigenvalue weighted by Crippen LogP contribution is -2.63. The topological polar surface area (TPSA) is 257 Å². The van der Waals surface area contributed by atoms with Crippen molar-refractivity contribution in [3.05, 3.63) is 0 Å². The Morgan fingerprint density at radius 3 is 1.76 bits per heavy atom. The summed E-state index contributed by atoms with van der Waals surface area (Å²) < 4.78 is 35.6. The molecule has 12 atom stereocenters. The lowest BCUT2D eigenvalue weighted by molar-refractivity contribution is -0.336. The van der Waals surface area contributed by atoms with Crippen molar-refractivity contribution in [3.63, 3.8) is 0 Å². The molecule has 37 heavy (non-hydrogen) atoms. The zero-order valence-corrected chi connectivity index (χ0v) is 20.1. The summed E-state index contributed by atoms with van der Waals surface area (Å²) in [5.41, 5.74) is 0. The largest absolute Gasteiger partial charge is 0.480 e. The fourth-order valence-electron chi connectivity index (χ4n) is 3.68. The van der Waals surface area contributed by atoms with Crippen molar-refractivity contribution in [1.29, 1.82) is 0 Å². The quantitative estimate of drug-likeness (QED) is 0.120. The Morgan fingerprint density at radius 1 is 0.784 bits per heavy atom. The van der Waals surface area contributed by atoms with Crippen LogP contribution in [0.5, 0.6) is 0 Å². The number of ether oxygens (including phenoxy) is 7. The number of methoxy groups -OCH3 is 2. The minimum Gasteiger partial charge on any atom is -0.480 e. The zero-order chi connectivity index (χ0) is 28.0. The summed E-state index contributed by atoms with van der Waals surface area (Å²) in [5.74, 6) is -3.98. The fraction of sp³-hybridized carbons (Fsp3) is 0.850. The number of aliphatic hydroxyl groups excluding tert-OH is 6. The van der Waals surface area contributed by atoms with Crippen molar-refractivity contribution >= 4 is 17.9 Å². The molecular weight excluding hydrogens is 512 g/mol. The van der Waals surface area contributed by atoms with Gasteiger partial charge in [-0.05, 0) is 6.92 Å². The second-order valence-electron chi connectivity index (χ2n) is 8.22. The Labute approximate surface area is 210 Å². The third-order valence-electron chi connectivity index (χ3n) is 5.73. The molecule has 0 saturated carbocycles. The molecule has 0 spiro atoms. The molecule has 2 fully saturated rings. The molecule has 1 unspecified atom stereocenters. The lowest BCUT2D eigenvalue weighted by Gasteiger charge is -2.43. The molecule has 7 N–H and O–H groups in total. The van der Waals surface area contributed by atoms with Gasteiger partial charge in [-0.3, -0.25) is 0 Å². The molecule has 0 aliphatic carbocycles. The highest BCUT2D eigenvalue weighted by atomic mass is 16.7. The third kappa shape index (κ3) is 7.30. The van der Waals surface area contributed by atoms with Crippen LogP contribution in [-0.4, -0.2) is 155 Å². The van der Waals surface area contributed by atoms with Crippen LogP contribution < -0.4 is 0 Å². The van der Waals surface area contributed by atoms with Crippen molar-refractivity contribution < 1.29 is 83.3 Å². The molecule has 214 valence electrons. The second kappa shape index (κ2) is 13.7. The first-order valence-electron chi connectivity index (χ1n) is 11.0. The van der Waals surface area contributed by atoms with E-state index in [0.717, 1.165) is 14.2 Å². The molecule has 17 heteroatoms. The lowest BCUT2D eigenvalue weighted by atomic mass is 9.98. The number of hydrogen-bond donors (Lipinski definition) is 7. The van der Waals surface area contributed by atoms with Gasteiger partial charge in [0, 0.05) is 0 Å². The van der Waals surface area contributed by atoms with Gasteiger partial charge in [-0.15, -0.1) is 0 Å². The van der Waals surface area contributed by atoms with Gasteiger partial charge in [-0.25, -0.2) is 14.4 Å². The van der Waals surface area contributed by atoms with Crippen LogP contribution in [0.25, 0.3) is 0 Å². The Bertz CT molecular complexity index is 778. The average molecular weight is 544 g/mol. The number of carbonyl (C=O) groups is 3. The normalized spacial score (nSPS) is 37.9. The number of carbonyl (C=O) groups excluding carboxylic acids is 2. The first-order valence-corrected chi connectivity index (χ1v) is 11.0. The number of carboxylic acids is 1.